The lowest BCUT2D eigenvalue weighted by atomic mass is 10.2. The summed E-state index contributed by atoms with van der Waals surface area (Å²) in [6.07, 6.45) is 0. The quantitative estimate of drug-likeness (QED) is 0.765. The molecule has 2 aromatic heterocycles. The van der Waals surface area contributed by atoms with Gasteiger partial charge in [0.05, 0.1) is 0 Å². The van der Waals surface area contributed by atoms with Gasteiger partial charge < -0.3 is 9.52 Å². The molecular weight excluding hydrogens is 244 g/mol. The zero-order valence-electron chi connectivity index (χ0n) is 10.5. The SMILES string of the molecule is Cc1ccc2cc(-c3cc(C(=O)O)nn3C)oc2c1. The fraction of sp³-hybridized carbons (Fsp3) is 0.143. The van der Waals surface area contributed by atoms with E-state index in [1.54, 1.807) is 7.05 Å². The Morgan fingerprint density at radius 3 is 2.79 bits per heavy atom. The van der Waals surface area contributed by atoms with E-state index < -0.39 is 5.97 Å². The molecule has 5 nitrogen and oxygen atoms in total. The van der Waals surface area contributed by atoms with Gasteiger partial charge in [0, 0.05) is 18.5 Å². The van der Waals surface area contributed by atoms with Crippen LogP contribution in [0.1, 0.15) is 16.1 Å². The largest absolute Gasteiger partial charge is 0.476 e. The first kappa shape index (κ1) is 11.5. The molecule has 0 bridgehead atoms. The van der Waals surface area contributed by atoms with Crippen LogP contribution in [0, 0.1) is 6.92 Å². The number of rotatable bonds is 2. The van der Waals surface area contributed by atoms with Crippen LogP contribution < -0.4 is 0 Å². The van der Waals surface area contributed by atoms with Gasteiger partial charge in [-0.1, -0.05) is 12.1 Å². The summed E-state index contributed by atoms with van der Waals surface area (Å²) in [4.78, 5) is 10.9. The summed E-state index contributed by atoms with van der Waals surface area (Å²) in [5.74, 6) is -0.433. The number of aromatic nitrogens is 2. The van der Waals surface area contributed by atoms with E-state index in [0.29, 0.717) is 11.5 Å². The molecule has 5 heteroatoms. The first-order valence-corrected chi connectivity index (χ1v) is 5.82. The summed E-state index contributed by atoms with van der Waals surface area (Å²) < 4.78 is 7.26. The number of furan rings is 1. The highest BCUT2D eigenvalue weighted by atomic mass is 16.4. The van der Waals surface area contributed by atoms with E-state index >= 15 is 0 Å². The standard InChI is InChI=1S/C14H12N2O3/c1-8-3-4-9-6-13(19-12(9)5-8)11-7-10(14(17)18)15-16(11)2/h3-7H,1-2H3,(H,17,18). The lowest BCUT2D eigenvalue weighted by Gasteiger charge is -1.95. The molecule has 1 aromatic carbocycles. The summed E-state index contributed by atoms with van der Waals surface area (Å²) >= 11 is 0. The van der Waals surface area contributed by atoms with Crippen LogP contribution in [0.15, 0.2) is 34.7 Å². The minimum Gasteiger partial charge on any atom is -0.476 e. The van der Waals surface area contributed by atoms with Gasteiger partial charge in [-0.3, -0.25) is 4.68 Å². The number of aryl methyl sites for hydroxylation is 2. The fourth-order valence-corrected chi connectivity index (χ4v) is 2.07. The Hall–Kier alpha value is -2.56. The van der Waals surface area contributed by atoms with E-state index in [9.17, 15) is 4.79 Å². The van der Waals surface area contributed by atoms with Gasteiger partial charge in [0.2, 0.25) is 0 Å². The normalized spacial score (nSPS) is 11.1. The first-order valence-electron chi connectivity index (χ1n) is 5.82. The summed E-state index contributed by atoms with van der Waals surface area (Å²) in [5, 5.41) is 13.9. The second-order valence-electron chi connectivity index (χ2n) is 4.50. The zero-order chi connectivity index (χ0) is 13.6. The minimum absolute atomic E-state index is 0.00846. The number of benzene rings is 1. The Bertz CT molecular complexity index is 783. The molecule has 2 heterocycles. The predicted octanol–water partition coefficient (Wildman–Crippen LogP) is 2.84. The third kappa shape index (κ3) is 1.89. The Kier molecular flexibility index (Phi) is 2.41. The molecule has 0 radical (unpaired) electrons. The van der Waals surface area contributed by atoms with Gasteiger partial charge in [0.15, 0.2) is 11.5 Å². The molecule has 0 atom stereocenters. The Balaban J connectivity index is 2.16. The molecular formula is C14H12N2O3. The molecule has 3 rings (SSSR count). The topological polar surface area (TPSA) is 68.3 Å². The molecule has 0 unspecified atom stereocenters. The van der Waals surface area contributed by atoms with Gasteiger partial charge in [-0.25, -0.2) is 4.79 Å². The van der Waals surface area contributed by atoms with Crippen molar-refractivity contribution in [3.8, 4) is 11.5 Å². The second kappa shape index (κ2) is 3.98. The van der Waals surface area contributed by atoms with E-state index in [1.165, 1.54) is 10.7 Å². The third-order valence-corrected chi connectivity index (χ3v) is 3.03. The minimum atomic E-state index is -1.05. The van der Waals surface area contributed by atoms with Crippen LogP contribution in [0.3, 0.4) is 0 Å². The van der Waals surface area contributed by atoms with E-state index in [4.69, 9.17) is 9.52 Å². The van der Waals surface area contributed by atoms with Crippen molar-refractivity contribution in [2.45, 2.75) is 6.92 Å². The highest BCUT2D eigenvalue weighted by molar-refractivity contribution is 5.88. The van der Waals surface area contributed by atoms with Crippen molar-refractivity contribution < 1.29 is 14.3 Å². The molecule has 0 aliphatic rings. The van der Waals surface area contributed by atoms with Gasteiger partial charge in [-0.15, -0.1) is 0 Å². The van der Waals surface area contributed by atoms with Gasteiger partial charge in [-0.2, -0.15) is 5.10 Å². The van der Waals surface area contributed by atoms with Crippen LogP contribution in [0.4, 0.5) is 0 Å². The maximum atomic E-state index is 10.9. The van der Waals surface area contributed by atoms with Gasteiger partial charge >= 0.3 is 5.97 Å². The maximum Gasteiger partial charge on any atom is 0.356 e. The average Bonchev–Trinajstić information content (AvgIpc) is 2.91. The van der Waals surface area contributed by atoms with E-state index in [-0.39, 0.29) is 5.69 Å². The molecule has 96 valence electrons. The molecule has 0 amide bonds. The summed E-state index contributed by atoms with van der Waals surface area (Å²) in [7, 11) is 1.69. The predicted molar refractivity (Wildman–Crippen MR) is 70.1 cm³/mol. The van der Waals surface area contributed by atoms with E-state index in [2.05, 4.69) is 5.10 Å². The molecule has 3 aromatic rings. The zero-order valence-corrected chi connectivity index (χ0v) is 10.5. The average molecular weight is 256 g/mol. The molecule has 1 N–H and O–H groups in total. The lowest BCUT2D eigenvalue weighted by Crippen LogP contribution is -1.99. The molecule has 0 fully saturated rings. The summed E-state index contributed by atoms with van der Waals surface area (Å²) in [5.41, 5.74) is 2.55. The van der Waals surface area contributed by atoms with Crippen molar-refractivity contribution in [2.75, 3.05) is 0 Å². The first-order chi connectivity index (χ1) is 9.04. The van der Waals surface area contributed by atoms with Gasteiger partial charge in [0.1, 0.15) is 11.3 Å². The smallest absolute Gasteiger partial charge is 0.356 e. The van der Waals surface area contributed by atoms with Crippen LogP contribution in [-0.4, -0.2) is 20.9 Å². The van der Waals surface area contributed by atoms with Crippen LogP contribution in [0.2, 0.25) is 0 Å². The highest BCUT2D eigenvalue weighted by Crippen LogP contribution is 2.28. The number of carbonyl (C=O) groups is 1. The Morgan fingerprint density at radius 2 is 2.11 bits per heavy atom. The molecule has 0 aliphatic heterocycles. The van der Waals surface area contributed by atoms with Crippen LogP contribution in [0.5, 0.6) is 0 Å². The van der Waals surface area contributed by atoms with Crippen LogP contribution in [0.25, 0.3) is 22.4 Å². The van der Waals surface area contributed by atoms with Crippen molar-refractivity contribution in [1.29, 1.82) is 0 Å². The number of nitrogens with zero attached hydrogens (tertiary/aromatic N) is 2. The molecule has 19 heavy (non-hydrogen) atoms. The molecule has 0 saturated heterocycles. The number of aromatic carboxylic acids is 1. The molecule has 0 saturated carbocycles. The number of carboxylic acids is 1. The highest BCUT2D eigenvalue weighted by Gasteiger charge is 2.15. The van der Waals surface area contributed by atoms with E-state index in [0.717, 1.165) is 16.5 Å². The lowest BCUT2D eigenvalue weighted by molar-refractivity contribution is 0.0689. The monoisotopic (exact) mass is 256 g/mol. The third-order valence-electron chi connectivity index (χ3n) is 3.03. The number of hydrogen-bond acceptors (Lipinski definition) is 3. The van der Waals surface area contributed by atoms with Crippen LogP contribution in [-0.2, 0) is 7.05 Å². The Morgan fingerprint density at radius 1 is 1.32 bits per heavy atom. The fourth-order valence-electron chi connectivity index (χ4n) is 2.07. The number of hydrogen-bond donors (Lipinski definition) is 1. The molecule has 0 aliphatic carbocycles. The maximum absolute atomic E-state index is 10.9. The van der Waals surface area contributed by atoms with Crippen molar-refractivity contribution in [3.63, 3.8) is 0 Å². The van der Waals surface area contributed by atoms with Crippen molar-refractivity contribution in [2.24, 2.45) is 7.05 Å². The van der Waals surface area contributed by atoms with E-state index in [1.807, 2.05) is 31.2 Å². The van der Waals surface area contributed by atoms with Gasteiger partial charge in [-0.05, 0) is 24.6 Å². The van der Waals surface area contributed by atoms with Crippen molar-refractivity contribution in [1.82, 2.24) is 9.78 Å². The summed E-state index contributed by atoms with van der Waals surface area (Å²) in [6.45, 7) is 1.99. The van der Waals surface area contributed by atoms with Gasteiger partial charge in [0.25, 0.3) is 0 Å². The van der Waals surface area contributed by atoms with Crippen LogP contribution >= 0.6 is 0 Å². The van der Waals surface area contributed by atoms with Crippen molar-refractivity contribution in [3.05, 3.63) is 41.6 Å². The second-order valence-corrected chi connectivity index (χ2v) is 4.50. The van der Waals surface area contributed by atoms with Crippen molar-refractivity contribution >= 4 is 16.9 Å². The summed E-state index contributed by atoms with van der Waals surface area (Å²) in [6, 6.07) is 9.33. The number of fused-ring (bicyclic) bond motifs is 1. The Labute approximate surface area is 109 Å². The number of carboxylic acid groups (broad SMARTS) is 1. The molecule has 0 spiro atoms.